The van der Waals surface area contributed by atoms with Gasteiger partial charge in [0.05, 0.1) is 22.5 Å². The zero-order valence-electron chi connectivity index (χ0n) is 24.8. The largest absolute Gasteiger partial charge is 0.401 e. The van der Waals surface area contributed by atoms with Crippen LogP contribution in [0.3, 0.4) is 0 Å². The number of allylic oxidation sites excluding steroid dienone is 2. The molecule has 2 aromatic heterocycles. The second kappa shape index (κ2) is 12.4. The number of carbonyl (C=O) groups excluding carboxylic acids is 3. The van der Waals surface area contributed by atoms with Crippen molar-refractivity contribution < 1.29 is 14.4 Å². The molecular formula is C33H35N7O3S. The molecule has 4 aromatic rings. The Balaban J connectivity index is 1.27. The van der Waals surface area contributed by atoms with Gasteiger partial charge in [-0.2, -0.15) is 0 Å². The van der Waals surface area contributed by atoms with E-state index in [4.69, 9.17) is 10.7 Å². The number of likely N-dealkylation sites (N-methyl/N-ethyl adjacent to an activating group) is 1. The molecule has 10 nitrogen and oxygen atoms in total. The Morgan fingerprint density at radius 2 is 1.91 bits per heavy atom. The number of benzene rings is 2. The van der Waals surface area contributed by atoms with E-state index in [1.54, 1.807) is 24.1 Å². The number of aryl methyl sites for hydroxylation is 1. The van der Waals surface area contributed by atoms with Gasteiger partial charge in [-0.15, -0.1) is 11.3 Å². The summed E-state index contributed by atoms with van der Waals surface area (Å²) in [5.74, 6) is 0.222. The van der Waals surface area contributed by atoms with Crippen LogP contribution >= 0.6 is 11.3 Å². The number of imidazole rings is 1. The molecule has 6 rings (SSSR count). The lowest BCUT2D eigenvalue weighted by atomic mass is 10.1. The van der Waals surface area contributed by atoms with Gasteiger partial charge < -0.3 is 25.0 Å². The van der Waals surface area contributed by atoms with Crippen molar-refractivity contribution >= 4 is 57.3 Å². The van der Waals surface area contributed by atoms with Gasteiger partial charge in [0.1, 0.15) is 0 Å². The normalized spacial score (nSPS) is 15.0. The number of carbonyl (C=O) groups is 3. The van der Waals surface area contributed by atoms with E-state index in [-0.39, 0.29) is 17.7 Å². The fraction of sp³-hybridized carbons (Fsp3) is 0.273. The molecule has 2 aromatic carbocycles. The van der Waals surface area contributed by atoms with E-state index in [0.29, 0.717) is 60.1 Å². The van der Waals surface area contributed by atoms with Crippen LogP contribution in [-0.4, -0.2) is 70.8 Å². The fourth-order valence-corrected chi connectivity index (χ4v) is 6.55. The number of nitrogens with one attached hydrogen (secondary N) is 1. The van der Waals surface area contributed by atoms with Crippen molar-refractivity contribution in [3.05, 3.63) is 94.0 Å². The van der Waals surface area contributed by atoms with Gasteiger partial charge >= 0.3 is 0 Å². The summed E-state index contributed by atoms with van der Waals surface area (Å²) < 4.78 is 1.98. The number of likely N-dealkylation sites (tertiary alicyclic amines) is 1. The quantitative estimate of drug-likeness (QED) is 0.283. The first-order valence-electron chi connectivity index (χ1n) is 14.7. The molecule has 0 spiro atoms. The van der Waals surface area contributed by atoms with E-state index in [1.807, 2.05) is 82.2 Å². The fourth-order valence-electron chi connectivity index (χ4n) is 5.67. The van der Waals surface area contributed by atoms with Gasteiger partial charge in [0.25, 0.3) is 11.8 Å². The summed E-state index contributed by atoms with van der Waals surface area (Å²) in [6.45, 7) is 2.66. The Morgan fingerprint density at radius 3 is 2.66 bits per heavy atom. The number of nitrogens with zero attached hydrogens (tertiary/aromatic N) is 5. The highest BCUT2D eigenvalue weighted by Gasteiger charge is 2.22. The van der Waals surface area contributed by atoms with Gasteiger partial charge in [0, 0.05) is 73.7 Å². The third-order valence-corrected chi connectivity index (χ3v) is 9.03. The molecule has 226 valence electrons. The van der Waals surface area contributed by atoms with Crippen LogP contribution in [0.25, 0.3) is 16.6 Å². The Labute approximate surface area is 260 Å². The number of anilines is 2. The second-order valence-electron chi connectivity index (χ2n) is 11.2. The number of rotatable bonds is 9. The first-order valence-corrected chi connectivity index (χ1v) is 15.5. The summed E-state index contributed by atoms with van der Waals surface area (Å²) >= 11 is 1.39. The lowest BCUT2D eigenvalue weighted by molar-refractivity contribution is -0.127. The number of aromatic nitrogens is 2. The van der Waals surface area contributed by atoms with Crippen molar-refractivity contribution in [2.75, 3.05) is 43.9 Å². The van der Waals surface area contributed by atoms with Crippen molar-refractivity contribution in [1.82, 2.24) is 19.4 Å². The van der Waals surface area contributed by atoms with Crippen molar-refractivity contribution in [3.63, 3.8) is 0 Å². The number of hydrogen-bond donors (Lipinski definition) is 2. The molecule has 0 atom stereocenters. The van der Waals surface area contributed by atoms with Crippen LogP contribution in [-0.2, 0) is 11.3 Å². The second-order valence-corrected chi connectivity index (χ2v) is 12.2. The highest BCUT2D eigenvalue weighted by atomic mass is 32.1. The van der Waals surface area contributed by atoms with Crippen LogP contribution < -0.4 is 16.0 Å². The molecule has 4 heterocycles. The summed E-state index contributed by atoms with van der Waals surface area (Å²) in [5, 5.41) is 3.03. The smallest absolute Gasteiger partial charge is 0.268 e. The third-order valence-electron chi connectivity index (χ3n) is 7.90. The summed E-state index contributed by atoms with van der Waals surface area (Å²) in [5.41, 5.74) is 10.6. The van der Waals surface area contributed by atoms with Crippen LogP contribution in [0, 0.1) is 0 Å². The van der Waals surface area contributed by atoms with Gasteiger partial charge in [0.15, 0.2) is 0 Å². The minimum absolute atomic E-state index is 0.127. The Bertz CT molecular complexity index is 1790. The average Bonchev–Trinajstić information content (AvgIpc) is 3.75. The molecule has 44 heavy (non-hydrogen) atoms. The van der Waals surface area contributed by atoms with Gasteiger partial charge in [-0.25, -0.2) is 4.98 Å². The maximum absolute atomic E-state index is 13.5. The average molecular weight is 610 g/mol. The predicted octanol–water partition coefficient (Wildman–Crippen LogP) is 4.77. The first kappa shape index (κ1) is 29.2. The Morgan fingerprint density at radius 1 is 1.09 bits per heavy atom. The van der Waals surface area contributed by atoms with E-state index in [0.717, 1.165) is 34.6 Å². The lowest BCUT2D eigenvalue weighted by Crippen LogP contribution is -2.26. The predicted molar refractivity (Wildman–Crippen MR) is 174 cm³/mol. The number of hydrogen-bond acceptors (Lipinski definition) is 7. The maximum Gasteiger partial charge on any atom is 0.268 e. The topological polar surface area (TPSA) is 117 Å². The number of nitrogens with two attached hydrogens (primary N) is 1. The zero-order valence-corrected chi connectivity index (χ0v) is 25.6. The minimum atomic E-state index is -0.258. The third kappa shape index (κ3) is 6.09. The van der Waals surface area contributed by atoms with Crippen LogP contribution in [0.1, 0.15) is 44.2 Å². The summed E-state index contributed by atoms with van der Waals surface area (Å²) in [6, 6.07) is 18.5. The van der Waals surface area contributed by atoms with Crippen LogP contribution in [0.2, 0.25) is 0 Å². The van der Waals surface area contributed by atoms with Crippen LogP contribution in [0.4, 0.5) is 11.6 Å². The van der Waals surface area contributed by atoms with Gasteiger partial charge in [-0.1, -0.05) is 18.2 Å². The SMILES string of the molecule is CN1C=C(c2ccc(C(=O)Nc3nc4cc(N(C)C(=O)c5ccccc5)ccc4n3CCCN3CCCC3=O)s2)C=C(N)C1. The maximum atomic E-state index is 13.5. The van der Waals surface area contributed by atoms with Gasteiger partial charge in [0.2, 0.25) is 11.9 Å². The molecule has 2 aliphatic rings. The van der Waals surface area contributed by atoms with Crippen molar-refractivity contribution in [3.8, 4) is 0 Å². The van der Waals surface area contributed by atoms with Crippen molar-refractivity contribution in [2.24, 2.45) is 5.73 Å². The van der Waals surface area contributed by atoms with Crippen molar-refractivity contribution in [2.45, 2.75) is 25.8 Å². The molecule has 0 radical (unpaired) electrons. The summed E-state index contributed by atoms with van der Waals surface area (Å²) in [4.78, 5) is 50.6. The number of fused-ring (bicyclic) bond motifs is 1. The lowest BCUT2D eigenvalue weighted by Gasteiger charge is -2.20. The molecule has 2 aliphatic heterocycles. The highest BCUT2D eigenvalue weighted by Crippen LogP contribution is 2.30. The standard InChI is InChI=1S/C33H35N7O3S/c1-37-20-23(18-24(34)21-37)28-13-14-29(44-28)31(42)36-33-35-26-19-25(38(2)32(43)22-8-4-3-5-9-22)11-12-27(26)40(33)17-7-16-39-15-6-10-30(39)41/h3-5,8-9,11-14,18-20H,6-7,10,15-17,21,34H2,1-2H3,(H,35,36,42). The van der Waals surface area contributed by atoms with Gasteiger partial charge in [-0.05, 0) is 61.4 Å². The minimum Gasteiger partial charge on any atom is -0.401 e. The van der Waals surface area contributed by atoms with E-state index in [1.165, 1.54) is 11.3 Å². The van der Waals surface area contributed by atoms with E-state index < -0.39 is 0 Å². The van der Waals surface area contributed by atoms with E-state index in [2.05, 4.69) is 5.32 Å². The van der Waals surface area contributed by atoms with Crippen LogP contribution in [0.5, 0.6) is 0 Å². The zero-order chi connectivity index (χ0) is 30.8. The summed E-state index contributed by atoms with van der Waals surface area (Å²) in [7, 11) is 3.70. The molecule has 0 aliphatic carbocycles. The number of thiophene rings is 1. The van der Waals surface area contributed by atoms with E-state index >= 15 is 0 Å². The molecule has 3 N–H and O–H groups in total. The molecule has 0 bridgehead atoms. The molecular weight excluding hydrogens is 574 g/mol. The monoisotopic (exact) mass is 609 g/mol. The summed E-state index contributed by atoms with van der Waals surface area (Å²) in [6.07, 6.45) is 6.17. The molecule has 1 fully saturated rings. The number of amides is 3. The molecule has 0 saturated carbocycles. The van der Waals surface area contributed by atoms with Gasteiger partial charge in [-0.3, -0.25) is 19.7 Å². The molecule has 11 heteroatoms. The van der Waals surface area contributed by atoms with E-state index in [9.17, 15) is 14.4 Å². The molecule has 3 amide bonds. The first-order chi connectivity index (χ1) is 21.3. The molecule has 1 saturated heterocycles. The van der Waals surface area contributed by atoms with Crippen LogP contribution in [0.15, 0.2) is 78.6 Å². The van der Waals surface area contributed by atoms with Crippen molar-refractivity contribution in [1.29, 1.82) is 0 Å². The Hall–Kier alpha value is -4.90. The Kier molecular flexibility index (Phi) is 8.21. The highest BCUT2D eigenvalue weighted by molar-refractivity contribution is 7.15. The molecule has 0 unspecified atom stereocenters.